The first-order valence-electron chi connectivity index (χ1n) is 12.5. The van der Waals surface area contributed by atoms with Crippen molar-refractivity contribution in [2.24, 2.45) is 11.8 Å². The van der Waals surface area contributed by atoms with Crippen LogP contribution in [0.1, 0.15) is 38.7 Å². The number of fused-ring (bicyclic) bond motifs is 1. The third-order valence-electron chi connectivity index (χ3n) is 6.49. The van der Waals surface area contributed by atoms with Crippen LogP contribution in [-0.2, 0) is 25.5 Å². The van der Waals surface area contributed by atoms with Crippen LogP contribution in [0.25, 0.3) is 0 Å². The van der Waals surface area contributed by atoms with Gasteiger partial charge in [-0.25, -0.2) is 0 Å². The Bertz CT molecular complexity index is 1000. The SMILES string of the molecule is COc1cccc2c1OC(C(=O)N[C@@H](CC(C)C)C(O)N[C@@H](C[C@@H]1CCNC1=O)C(=O)COC(F)(F)F)C2. The van der Waals surface area contributed by atoms with Crippen molar-refractivity contribution >= 4 is 17.6 Å². The molecule has 1 fully saturated rings. The summed E-state index contributed by atoms with van der Waals surface area (Å²) in [6, 6.07) is 3.07. The molecule has 0 radical (unpaired) electrons. The van der Waals surface area contributed by atoms with Gasteiger partial charge in [0.25, 0.3) is 5.91 Å². The molecule has 3 rings (SSSR count). The Morgan fingerprint density at radius 1 is 1.29 bits per heavy atom. The van der Waals surface area contributed by atoms with Gasteiger partial charge in [-0.2, -0.15) is 0 Å². The topological polar surface area (TPSA) is 135 Å². The van der Waals surface area contributed by atoms with E-state index in [-0.39, 0.29) is 31.1 Å². The molecule has 2 heterocycles. The number of rotatable bonds is 13. The number of halogens is 3. The van der Waals surface area contributed by atoms with Gasteiger partial charge in [0.15, 0.2) is 23.4 Å². The van der Waals surface area contributed by atoms with E-state index in [1.54, 1.807) is 12.1 Å². The zero-order chi connectivity index (χ0) is 28.0. The number of carbonyl (C=O) groups is 3. The second kappa shape index (κ2) is 12.8. The Hall–Kier alpha value is -2.90. The minimum Gasteiger partial charge on any atom is -0.493 e. The van der Waals surface area contributed by atoms with Crippen molar-refractivity contribution in [1.29, 1.82) is 0 Å². The number of nitrogens with one attached hydrogen (secondary N) is 3. The van der Waals surface area contributed by atoms with E-state index < -0.39 is 55.0 Å². The Balaban J connectivity index is 1.70. The Morgan fingerprint density at radius 2 is 2.03 bits per heavy atom. The lowest BCUT2D eigenvalue weighted by molar-refractivity contribution is -0.321. The molecule has 2 unspecified atom stereocenters. The molecular formula is C25H34F3N3O7. The van der Waals surface area contributed by atoms with Crippen LogP contribution in [0.4, 0.5) is 13.2 Å². The molecule has 2 aliphatic rings. The van der Waals surface area contributed by atoms with E-state index in [0.717, 1.165) is 5.56 Å². The molecule has 5 atom stereocenters. The highest BCUT2D eigenvalue weighted by Gasteiger charge is 2.38. The maximum atomic E-state index is 13.1. The Morgan fingerprint density at radius 3 is 2.63 bits per heavy atom. The molecule has 2 amide bonds. The molecule has 1 aromatic carbocycles. The number of carbonyl (C=O) groups excluding carboxylic acids is 3. The fourth-order valence-electron chi connectivity index (χ4n) is 4.62. The van der Waals surface area contributed by atoms with E-state index in [1.807, 2.05) is 19.9 Å². The molecule has 1 saturated heterocycles. The average molecular weight is 546 g/mol. The number of ether oxygens (including phenoxy) is 3. The molecule has 0 aromatic heterocycles. The lowest BCUT2D eigenvalue weighted by Gasteiger charge is -2.31. The van der Waals surface area contributed by atoms with Gasteiger partial charge in [0, 0.05) is 24.4 Å². The fourth-order valence-corrected chi connectivity index (χ4v) is 4.62. The minimum absolute atomic E-state index is 0.00172. The quantitative estimate of drug-likeness (QED) is 0.274. The monoisotopic (exact) mass is 545 g/mol. The van der Waals surface area contributed by atoms with Crippen molar-refractivity contribution in [2.45, 2.75) is 70.3 Å². The smallest absolute Gasteiger partial charge is 0.493 e. The maximum absolute atomic E-state index is 13.1. The zero-order valence-corrected chi connectivity index (χ0v) is 21.5. The molecule has 0 spiro atoms. The Kier molecular flexibility index (Phi) is 9.96. The summed E-state index contributed by atoms with van der Waals surface area (Å²) in [5.41, 5.74) is 0.786. The molecule has 0 aliphatic carbocycles. The van der Waals surface area contributed by atoms with Gasteiger partial charge >= 0.3 is 6.36 Å². The van der Waals surface area contributed by atoms with Crippen LogP contribution < -0.4 is 25.4 Å². The molecule has 212 valence electrons. The lowest BCUT2D eigenvalue weighted by Crippen LogP contribution is -2.57. The third kappa shape index (κ3) is 8.05. The number of alkyl halides is 3. The van der Waals surface area contributed by atoms with Gasteiger partial charge in [0.05, 0.1) is 19.2 Å². The van der Waals surface area contributed by atoms with Crippen molar-refractivity contribution in [3.63, 3.8) is 0 Å². The molecular weight excluding hydrogens is 511 g/mol. The zero-order valence-electron chi connectivity index (χ0n) is 21.5. The number of aliphatic hydroxyl groups excluding tert-OH is 1. The van der Waals surface area contributed by atoms with Crippen LogP contribution in [-0.4, -0.2) is 73.7 Å². The highest BCUT2D eigenvalue weighted by atomic mass is 19.4. The van der Waals surface area contributed by atoms with Crippen LogP contribution in [0.2, 0.25) is 0 Å². The highest BCUT2D eigenvalue weighted by molar-refractivity contribution is 5.87. The number of hydrogen-bond acceptors (Lipinski definition) is 8. The first kappa shape index (κ1) is 29.7. The third-order valence-corrected chi connectivity index (χ3v) is 6.49. The molecule has 13 heteroatoms. The average Bonchev–Trinajstić information content (AvgIpc) is 3.46. The van der Waals surface area contributed by atoms with Gasteiger partial charge in [-0.15, -0.1) is 13.2 Å². The van der Waals surface area contributed by atoms with Crippen molar-refractivity contribution in [2.75, 3.05) is 20.3 Å². The number of benzene rings is 1. The minimum atomic E-state index is -5.01. The van der Waals surface area contributed by atoms with E-state index in [9.17, 15) is 32.7 Å². The fraction of sp³-hybridized carbons (Fsp3) is 0.640. The second-order valence-corrected chi connectivity index (χ2v) is 9.88. The molecule has 4 N–H and O–H groups in total. The summed E-state index contributed by atoms with van der Waals surface area (Å²) in [5.74, 6) is -1.48. The normalized spacial score (nSPS) is 21.3. The van der Waals surface area contributed by atoms with E-state index in [0.29, 0.717) is 24.5 Å². The summed E-state index contributed by atoms with van der Waals surface area (Å²) < 4.78 is 52.4. The summed E-state index contributed by atoms with van der Waals surface area (Å²) >= 11 is 0. The first-order valence-corrected chi connectivity index (χ1v) is 12.5. The predicted octanol–water partition coefficient (Wildman–Crippen LogP) is 1.44. The summed E-state index contributed by atoms with van der Waals surface area (Å²) in [6.07, 6.45) is -6.58. The van der Waals surface area contributed by atoms with E-state index >= 15 is 0 Å². The van der Waals surface area contributed by atoms with Gasteiger partial charge in [-0.1, -0.05) is 26.0 Å². The van der Waals surface area contributed by atoms with Crippen LogP contribution in [0.15, 0.2) is 18.2 Å². The van der Waals surface area contributed by atoms with Crippen molar-refractivity contribution in [1.82, 2.24) is 16.0 Å². The van der Waals surface area contributed by atoms with E-state index in [4.69, 9.17) is 9.47 Å². The van der Waals surface area contributed by atoms with Gasteiger partial charge in [0.2, 0.25) is 5.91 Å². The van der Waals surface area contributed by atoms with E-state index in [2.05, 4.69) is 20.7 Å². The van der Waals surface area contributed by atoms with Crippen LogP contribution in [0.3, 0.4) is 0 Å². The molecule has 2 aliphatic heterocycles. The van der Waals surface area contributed by atoms with Crippen molar-refractivity contribution in [3.05, 3.63) is 23.8 Å². The molecule has 0 saturated carbocycles. The van der Waals surface area contributed by atoms with Gasteiger partial charge in [0.1, 0.15) is 12.8 Å². The highest BCUT2D eigenvalue weighted by Crippen LogP contribution is 2.37. The van der Waals surface area contributed by atoms with Crippen LogP contribution >= 0.6 is 0 Å². The summed E-state index contributed by atoms with van der Waals surface area (Å²) in [7, 11) is 1.49. The number of methoxy groups -OCH3 is 1. The summed E-state index contributed by atoms with van der Waals surface area (Å²) in [5, 5.41) is 19.0. The first-order chi connectivity index (χ1) is 17.9. The van der Waals surface area contributed by atoms with Crippen molar-refractivity contribution in [3.8, 4) is 11.5 Å². The van der Waals surface area contributed by atoms with E-state index in [1.165, 1.54) is 7.11 Å². The number of Topliss-reactive ketones (excluding diaryl/α,β-unsaturated/α-hetero) is 1. The van der Waals surface area contributed by atoms with Crippen LogP contribution in [0.5, 0.6) is 11.5 Å². The number of amides is 2. The Labute approximate surface area is 218 Å². The lowest BCUT2D eigenvalue weighted by atomic mass is 9.94. The number of para-hydroxylation sites is 1. The largest absolute Gasteiger partial charge is 0.522 e. The number of ketones is 1. The molecule has 1 aromatic rings. The maximum Gasteiger partial charge on any atom is 0.522 e. The van der Waals surface area contributed by atoms with Crippen LogP contribution in [0, 0.1) is 11.8 Å². The number of aliphatic hydroxyl groups is 1. The van der Waals surface area contributed by atoms with Gasteiger partial charge in [-0.3, -0.25) is 24.4 Å². The molecule has 10 nitrogen and oxygen atoms in total. The number of hydrogen-bond donors (Lipinski definition) is 4. The summed E-state index contributed by atoms with van der Waals surface area (Å²) in [6.45, 7) is 2.83. The summed E-state index contributed by atoms with van der Waals surface area (Å²) in [4.78, 5) is 37.8. The standard InChI is InChI=1S/C25H34F3N3O7/c1-13(2)9-17(31-24(35)20-11-14-5-4-6-19(36-3)21(14)38-20)23(34)30-16(10-15-7-8-29-22(15)33)18(32)12-37-25(26,27)28/h4-6,13,15-17,20,23,30,34H,7-12H2,1-3H3,(H,29,33)(H,31,35)/t15-,16-,17-,20?,23?/m0/s1. The second-order valence-electron chi connectivity index (χ2n) is 9.88. The molecule has 0 bridgehead atoms. The van der Waals surface area contributed by atoms with Gasteiger partial charge in [-0.05, 0) is 31.2 Å². The predicted molar refractivity (Wildman–Crippen MR) is 128 cm³/mol. The van der Waals surface area contributed by atoms with Crippen molar-refractivity contribution < 1.29 is 46.9 Å². The van der Waals surface area contributed by atoms with Gasteiger partial charge < -0.3 is 25.2 Å². The molecule has 38 heavy (non-hydrogen) atoms.